The van der Waals surface area contributed by atoms with Crippen LogP contribution >= 0.6 is 0 Å². The van der Waals surface area contributed by atoms with Crippen molar-refractivity contribution in [2.45, 2.75) is 38.7 Å². The van der Waals surface area contributed by atoms with Crippen molar-refractivity contribution in [3.8, 4) is 5.75 Å². The Kier molecular flexibility index (Phi) is 12.0. The first-order valence-electron chi connectivity index (χ1n) is 11.8. The molecule has 0 aliphatic heterocycles. The van der Waals surface area contributed by atoms with E-state index in [4.69, 9.17) is 14.2 Å². The van der Waals surface area contributed by atoms with Crippen LogP contribution in [0.5, 0.6) is 5.75 Å². The summed E-state index contributed by atoms with van der Waals surface area (Å²) in [5, 5.41) is 9.20. The molecule has 192 valence electrons. The van der Waals surface area contributed by atoms with E-state index in [0.717, 1.165) is 5.57 Å². The van der Waals surface area contributed by atoms with Crippen LogP contribution in [0.15, 0.2) is 97.6 Å². The van der Waals surface area contributed by atoms with Crippen molar-refractivity contribution >= 4 is 11.5 Å². The zero-order valence-electron chi connectivity index (χ0n) is 21.0. The van der Waals surface area contributed by atoms with Crippen LogP contribution in [0.25, 0.3) is 5.57 Å². The first kappa shape index (κ1) is 28.4. The number of halogens is 1. The highest BCUT2D eigenvalue weighted by Crippen LogP contribution is 2.31. The highest BCUT2D eigenvalue weighted by Gasteiger charge is 2.20. The second-order valence-corrected chi connectivity index (χ2v) is 8.35. The summed E-state index contributed by atoms with van der Waals surface area (Å²) in [4.78, 5) is 11.2. The van der Waals surface area contributed by atoms with Crippen LogP contribution in [-0.2, 0) is 14.3 Å². The van der Waals surface area contributed by atoms with Gasteiger partial charge in [-0.05, 0) is 49.1 Å². The lowest BCUT2D eigenvalue weighted by Crippen LogP contribution is -2.15. The van der Waals surface area contributed by atoms with Crippen LogP contribution in [0, 0.1) is 11.7 Å². The number of methoxy groups -OCH3 is 1. The molecule has 5 nitrogen and oxygen atoms in total. The van der Waals surface area contributed by atoms with Gasteiger partial charge in [-0.25, -0.2) is 4.39 Å². The molecule has 2 rings (SSSR count). The summed E-state index contributed by atoms with van der Waals surface area (Å²) in [5.74, 6) is 0.00546. The van der Waals surface area contributed by atoms with Crippen molar-refractivity contribution in [3.63, 3.8) is 0 Å². The van der Waals surface area contributed by atoms with Gasteiger partial charge in [0.15, 0.2) is 0 Å². The lowest BCUT2D eigenvalue weighted by molar-refractivity contribution is -0.137. The highest BCUT2D eigenvalue weighted by molar-refractivity contribution is 5.70. The molecular formula is C30H35FO5. The predicted octanol–water partition coefficient (Wildman–Crippen LogP) is 7.17. The van der Waals surface area contributed by atoms with E-state index in [1.165, 1.54) is 13.2 Å². The van der Waals surface area contributed by atoms with Crippen LogP contribution in [0.3, 0.4) is 0 Å². The SMILES string of the molecule is C=C/C=C\C=C/CCOc1ccc(C2=CC=CC(OC(=C)CC(/C=C(\C)OC)CC(=O)O)C2)c(F)c1. The number of carboxylic acids is 1. The molecule has 0 spiro atoms. The van der Waals surface area contributed by atoms with Gasteiger partial charge in [-0.2, -0.15) is 0 Å². The van der Waals surface area contributed by atoms with Crippen LogP contribution in [0.2, 0.25) is 0 Å². The van der Waals surface area contributed by atoms with Gasteiger partial charge in [0.2, 0.25) is 0 Å². The molecule has 1 N–H and O–H groups in total. The quantitative estimate of drug-likeness (QED) is 0.159. The van der Waals surface area contributed by atoms with Gasteiger partial charge in [0.05, 0.1) is 31.7 Å². The minimum Gasteiger partial charge on any atom is -0.502 e. The summed E-state index contributed by atoms with van der Waals surface area (Å²) in [5.41, 5.74) is 1.29. The number of benzene rings is 1. The summed E-state index contributed by atoms with van der Waals surface area (Å²) in [6.45, 7) is 9.79. The number of rotatable bonds is 15. The fraction of sp³-hybridized carbons (Fsp3) is 0.300. The van der Waals surface area contributed by atoms with Crippen molar-refractivity contribution in [2.75, 3.05) is 13.7 Å². The van der Waals surface area contributed by atoms with Gasteiger partial charge < -0.3 is 19.3 Å². The van der Waals surface area contributed by atoms with Crippen LogP contribution in [0.1, 0.15) is 38.2 Å². The Balaban J connectivity index is 1.93. The molecule has 6 heteroatoms. The fourth-order valence-electron chi connectivity index (χ4n) is 3.71. The van der Waals surface area contributed by atoms with Gasteiger partial charge in [-0.3, -0.25) is 4.79 Å². The first-order valence-corrected chi connectivity index (χ1v) is 11.8. The summed E-state index contributed by atoms with van der Waals surface area (Å²) >= 11 is 0. The number of hydrogen-bond donors (Lipinski definition) is 1. The van der Waals surface area contributed by atoms with Gasteiger partial charge in [0.25, 0.3) is 0 Å². The minimum absolute atomic E-state index is 0.0585. The average Bonchev–Trinajstić information content (AvgIpc) is 2.83. The maximum atomic E-state index is 14.9. The molecule has 0 radical (unpaired) electrons. The second kappa shape index (κ2) is 15.2. The Morgan fingerprint density at radius 3 is 2.78 bits per heavy atom. The molecule has 1 aliphatic carbocycles. The van der Waals surface area contributed by atoms with E-state index in [-0.39, 0.29) is 24.3 Å². The normalized spacial score (nSPS) is 16.6. The fourth-order valence-corrected chi connectivity index (χ4v) is 3.71. The smallest absolute Gasteiger partial charge is 0.303 e. The zero-order chi connectivity index (χ0) is 26.3. The molecule has 0 amide bonds. The van der Waals surface area contributed by atoms with Crippen LogP contribution in [-0.4, -0.2) is 30.9 Å². The summed E-state index contributed by atoms with van der Waals surface area (Å²) in [6, 6.07) is 4.87. The number of allylic oxidation sites excluding steroid dienone is 9. The minimum atomic E-state index is -0.907. The number of carboxylic acid groups (broad SMARTS) is 1. The maximum absolute atomic E-state index is 14.9. The molecule has 1 aromatic rings. The summed E-state index contributed by atoms with van der Waals surface area (Å²) < 4.78 is 31.7. The monoisotopic (exact) mass is 494 g/mol. The first-order chi connectivity index (χ1) is 17.3. The third-order valence-electron chi connectivity index (χ3n) is 5.42. The van der Waals surface area contributed by atoms with Gasteiger partial charge in [0.1, 0.15) is 17.7 Å². The summed E-state index contributed by atoms with van der Waals surface area (Å²) in [7, 11) is 1.54. The zero-order valence-corrected chi connectivity index (χ0v) is 21.0. The lowest BCUT2D eigenvalue weighted by atomic mass is 9.95. The van der Waals surface area contributed by atoms with Crippen molar-refractivity contribution in [3.05, 3.63) is 109 Å². The molecule has 36 heavy (non-hydrogen) atoms. The van der Waals surface area contributed by atoms with E-state index in [1.807, 2.05) is 42.5 Å². The van der Waals surface area contributed by atoms with E-state index in [0.29, 0.717) is 48.7 Å². The Bertz CT molecular complexity index is 1060. The number of hydrogen-bond acceptors (Lipinski definition) is 4. The number of ether oxygens (including phenoxy) is 3. The Morgan fingerprint density at radius 1 is 1.28 bits per heavy atom. The van der Waals surface area contributed by atoms with E-state index in [2.05, 4.69) is 13.2 Å². The molecule has 1 aromatic carbocycles. The van der Waals surface area contributed by atoms with Crippen LogP contribution in [0.4, 0.5) is 4.39 Å². The van der Waals surface area contributed by atoms with Gasteiger partial charge in [-0.15, -0.1) is 0 Å². The molecule has 2 unspecified atom stereocenters. The molecule has 2 atom stereocenters. The third kappa shape index (κ3) is 10.2. The highest BCUT2D eigenvalue weighted by atomic mass is 19.1. The van der Waals surface area contributed by atoms with E-state index in [9.17, 15) is 14.3 Å². The Morgan fingerprint density at radius 2 is 2.08 bits per heavy atom. The van der Waals surface area contributed by atoms with Gasteiger partial charge in [-0.1, -0.05) is 55.7 Å². The Labute approximate surface area is 213 Å². The molecule has 0 fully saturated rings. The third-order valence-corrected chi connectivity index (χ3v) is 5.42. The maximum Gasteiger partial charge on any atom is 0.303 e. The topological polar surface area (TPSA) is 65.0 Å². The molecule has 0 bridgehead atoms. The van der Waals surface area contributed by atoms with E-state index in [1.54, 1.807) is 31.2 Å². The van der Waals surface area contributed by atoms with Crippen molar-refractivity contribution in [1.29, 1.82) is 0 Å². The molecule has 1 aliphatic rings. The van der Waals surface area contributed by atoms with Gasteiger partial charge >= 0.3 is 5.97 Å². The van der Waals surface area contributed by atoms with E-state index >= 15 is 0 Å². The van der Waals surface area contributed by atoms with Gasteiger partial charge in [0, 0.05) is 24.5 Å². The van der Waals surface area contributed by atoms with Crippen molar-refractivity contribution in [2.24, 2.45) is 5.92 Å². The molecule has 0 aromatic heterocycles. The van der Waals surface area contributed by atoms with E-state index < -0.39 is 5.97 Å². The van der Waals surface area contributed by atoms with Crippen molar-refractivity contribution < 1.29 is 28.5 Å². The molecule has 0 saturated heterocycles. The molecule has 0 saturated carbocycles. The number of carbonyl (C=O) groups is 1. The molecule has 0 heterocycles. The average molecular weight is 495 g/mol. The summed E-state index contributed by atoms with van der Waals surface area (Å²) in [6.07, 6.45) is 17.8. The number of aliphatic carboxylic acids is 1. The Hall–Kier alpha value is -3.80. The second-order valence-electron chi connectivity index (χ2n) is 8.35. The standard InChI is InChI=1S/C30H35FO5/c1-5-6-7-8-9-10-16-35-26-14-15-28(29(31)21-26)25-12-11-13-27(20-25)36-23(3)18-24(19-30(32)33)17-22(2)34-4/h5-9,11-15,17,21,24,27H,1,3,10,16,18-20H2,2,4H3,(H,32,33)/b7-6-,9-8-,22-17+. The molecular weight excluding hydrogens is 459 g/mol. The lowest BCUT2D eigenvalue weighted by Gasteiger charge is -2.23. The van der Waals surface area contributed by atoms with Crippen LogP contribution < -0.4 is 4.74 Å². The van der Waals surface area contributed by atoms with Crippen molar-refractivity contribution in [1.82, 2.24) is 0 Å². The predicted molar refractivity (Wildman–Crippen MR) is 142 cm³/mol. The largest absolute Gasteiger partial charge is 0.502 e.